The molecule has 0 fully saturated rings. The zero-order chi connectivity index (χ0) is 13.7. The second-order valence-corrected chi connectivity index (χ2v) is 4.68. The number of benzene rings is 2. The van der Waals surface area contributed by atoms with Gasteiger partial charge in [0.1, 0.15) is 18.2 Å². The van der Waals surface area contributed by atoms with Crippen LogP contribution in [0, 0.1) is 11.6 Å². The Morgan fingerprint density at radius 1 is 1.11 bits per heavy atom. The van der Waals surface area contributed by atoms with Crippen LogP contribution in [0.25, 0.3) is 0 Å². The highest BCUT2D eigenvalue weighted by molar-refractivity contribution is 9.10. The molecule has 0 aromatic heterocycles. The standard InChI is InChI=1S/C14H10BrF2NO/c15-11-4-1-3-10(7-11)8-18-19-9-12-13(16)5-2-6-14(12)17/h1-8H,9H2. The molecule has 0 amide bonds. The van der Waals surface area contributed by atoms with Crippen LogP contribution in [0.2, 0.25) is 0 Å². The molecule has 2 rings (SSSR count). The van der Waals surface area contributed by atoms with Crippen LogP contribution < -0.4 is 0 Å². The first kappa shape index (κ1) is 13.7. The molecule has 2 aromatic carbocycles. The fourth-order valence-electron chi connectivity index (χ4n) is 1.46. The molecule has 19 heavy (non-hydrogen) atoms. The van der Waals surface area contributed by atoms with Gasteiger partial charge in [-0.15, -0.1) is 0 Å². The van der Waals surface area contributed by atoms with Crippen LogP contribution in [0.3, 0.4) is 0 Å². The van der Waals surface area contributed by atoms with Crippen LogP contribution in [-0.4, -0.2) is 6.21 Å². The molecule has 98 valence electrons. The van der Waals surface area contributed by atoms with Gasteiger partial charge in [-0.25, -0.2) is 8.78 Å². The Kier molecular flexibility index (Phi) is 4.63. The van der Waals surface area contributed by atoms with E-state index in [4.69, 9.17) is 4.84 Å². The molecule has 2 nitrogen and oxygen atoms in total. The van der Waals surface area contributed by atoms with Crippen LogP contribution in [0.1, 0.15) is 11.1 Å². The molecule has 0 N–H and O–H groups in total. The Hall–Kier alpha value is -1.75. The molecule has 0 unspecified atom stereocenters. The minimum absolute atomic E-state index is 0.131. The van der Waals surface area contributed by atoms with Crippen molar-refractivity contribution in [3.05, 3.63) is 69.7 Å². The van der Waals surface area contributed by atoms with Gasteiger partial charge in [-0.05, 0) is 29.8 Å². The van der Waals surface area contributed by atoms with Gasteiger partial charge < -0.3 is 4.84 Å². The molecule has 0 saturated heterocycles. The van der Waals surface area contributed by atoms with E-state index < -0.39 is 11.6 Å². The monoisotopic (exact) mass is 325 g/mol. The first-order chi connectivity index (χ1) is 9.16. The summed E-state index contributed by atoms with van der Waals surface area (Å²) in [5.41, 5.74) is 0.692. The van der Waals surface area contributed by atoms with Crippen molar-refractivity contribution in [1.29, 1.82) is 0 Å². The quantitative estimate of drug-likeness (QED) is 0.607. The van der Waals surface area contributed by atoms with E-state index in [2.05, 4.69) is 21.1 Å². The SMILES string of the molecule is Fc1cccc(F)c1CON=Cc1cccc(Br)c1. The summed E-state index contributed by atoms with van der Waals surface area (Å²) in [6.45, 7) is -0.247. The van der Waals surface area contributed by atoms with Crippen molar-refractivity contribution < 1.29 is 13.6 Å². The Morgan fingerprint density at radius 2 is 1.79 bits per heavy atom. The maximum absolute atomic E-state index is 13.3. The summed E-state index contributed by atoms with van der Waals surface area (Å²) in [6.07, 6.45) is 1.48. The zero-order valence-electron chi connectivity index (χ0n) is 9.82. The normalized spacial score (nSPS) is 10.9. The largest absolute Gasteiger partial charge is 0.391 e. The molecule has 5 heteroatoms. The van der Waals surface area contributed by atoms with Crippen molar-refractivity contribution in [3.63, 3.8) is 0 Å². The van der Waals surface area contributed by atoms with Gasteiger partial charge in [-0.2, -0.15) is 0 Å². The van der Waals surface area contributed by atoms with E-state index in [1.807, 2.05) is 24.3 Å². The summed E-state index contributed by atoms with van der Waals surface area (Å²) in [4.78, 5) is 4.90. The van der Waals surface area contributed by atoms with E-state index in [1.54, 1.807) is 0 Å². The summed E-state index contributed by atoms with van der Waals surface area (Å²) in [6, 6.07) is 11.1. The smallest absolute Gasteiger partial charge is 0.147 e. The van der Waals surface area contributed by atoms with Gasteiger partial charge in [-0.1, -0.05) is 39.3 Å². The Morgan fingerprint density at radius 3 is 2.47 bits per heavy atom. The lowest BCUT2D eigenvalue weighted by Crippen LogP contribution is -1.96. The summed E-state index contributed by atoms with van der Waals surface area (Å²) < 4.78 is 27.5. The molecule has 0 aliphatic rings. The summed E-state index contributed by atoms with van der Waals surface area (Å²) in [5.74, 6) is -1.28. The number of hydrogen-bond donors (Lipinski definition) is 0. The Labute approximate surface area is 117 Å². The van der Waals surface area contributed by atoms with Crippen LogP contribution in [0.15, 0.2) is 52.1 Å². The predicted molar refractivity (Wildman–Crippen MR) is 72.9 cm³/mol. The average molecular weight is 326 g/mol. The fourth-order valence-corrected chi connectivity index (χ4v) is 1.87. The van der Waals surface area contributed by atoms with Crippen LogP contribution in [-0.2, 0) is 11.4 Å². The van der Waals surface area contributed by atoms with Gasteiger partial charge in [0.25, 0.3) is 0 Å². The van der Waals surface area contributed by atoms with E-state index in [-0.39, 0.29) is 12.2 Å². The number of oxime groups is 1. The second kappa shape index (κ2) is 6.43. The van der Waals surface area contributed by atoms with Gasteiger partial charge in [0.2, 0.25) is 0 Å². The van der Waals surface area contributed by atoms with E-state index in [0.717, 1.165) is 10.0 Å². The first-order valence-electron chi connectivity index (χ1n) is 5.50. The topological polar surface area (TPSA) is 21.6 Å². The third-order valence-electron chi connectivity index (χ3n) is 2.40. The Balaban J connectivity index is 1.97. The molecular weight excluding hydrogens is 316 g/mol. The van der Waals surface area contributed by atoms with E-state index in [0.29, 0.717) is 0 Å². The van der Waals surface area contributed by atoms with Crippen LogP contribution in [0.4, 0.5) is 8.78 Å². The second-order valence-electron chi connectivity index (χ2n) is 3.76. The van der Waals surface area contributed by atoms with E-state index in [9.17, 15) is 8.78 Å². The molecule has 0 heterocycles. The number of nitrogens with zero attached hydrogens (tertiary/aromatic N) is 1. The van der Waals surface area contributed by atoms with Gasteiger partial charge in [0.15, 0.2) is 0 Å². The van der Waals surface area contributed by atoms with Gasteiger partial charge in [-0.3, -0.25) is 0 Å². The molecule has 0 aliphatic heterocycles. The maximum atomic E-state index is 13.3. The minimum atomic E-state index is -0.641. The average Bonchev–Trinajstić information content (AvgIpc) is 2.37. The molecule has 0 saturated carbocycles. The zero-order valence-corrected chi connectivity index (χ0v) is 11.4. The number of halogens is 3. The lowest BCUT2D eigenvalue weighted by Gasteiger charge is -2.02. The summed E-state index contributed by atoms with van der Waals surface area (Å²) in [7, 11) is 0. The molecule has 0 radical (unpaired) electrons. The van der Waals surface area contributed by atoms with Gasteiger partial charge >= 0.3 is 0 Å². The Bertz CT molecular complexity index is 581. The van der Waals surface area contributed by atoms with Crippen molar-refractivity contribution in [2.75, 3.05) is 0 Å². The molecule has 0 bridgehead atoms. The molecular formula is C14H10BrF2NO. The lowest BCUT2D eigenvalue weighted by molar-refractivity contribution is 0.126. The fraction of sp³-hybridized carbons (Fsp3) is 0.0714. The highest BCUT2D eigenvalue weighted by Gasteiger charge is 2.07. The van der Waals surface area contributed by atoms with Gasteiger partial charge in [0, 0.05) is 4.47 Å². The van der Waals surface area contributed by atoms with Crippen molar-refractivity contribution in [1.82, 2.24) is 0 Å². The van der Waals surface area contributed by atoms with Crippen molar-refractivity contribution >= 4 is 22.1 Å². The number of hydrogen-bond acceptors (Lipinski definition) is 2. The van der Waals surface area contributed by atoms with Crippen molar-refractivity contribution in [2.45, 2.75) is 6.61 Å². The number of rotatable bonds is 4. The highest BCUT2D eigenvalue weighted by Crippen LogP contribution is 2.13. The van der Waals surface area contributed by atoms with Crippen molar-refractivity contribution in [3.8, 4) is 0 Å². The third-order valence-corrected chi connectivity index (χ3v) is 2.89. The predicted octanol–water partition coefficient (Wildman–Crippen LogP) is 4.28. The lowest BCUT2D eigenvalue weighted by atomic mass is 10.2. The molecule has 0 atom stereocenters. The minimum Gasteiger partial charge on any atom is -0.391 e. The van der Waals surface area contributed by atoms with E-state index >= 15 is 0 Å². The first-order valence-corrected chi connectivity index (χ1v) is 6.30. The molecule has 0 aliphatic carbocycles. The summed E-state index contributed by atoms with van der Waals surface area (Å²) in [5, 5.41) is 3.68. The van der Waals surface area contributed by atoms with Crippen LogP contribution >= 0.6 is 15.9 Å². The molecule has 0 spiro atoms. The third kappa shape index (κ3) is 3.86. The highest BCUT2D eigenvalue weighted by atomic mass is 79.9. The van der Waals surface area contributed by atoms with Crippen LogP contribution in [0.5, 0.6) is 0 Å². The van der Waals surface area contributed by atoms with Gasteiger partial charge in [0.05, 0.1) is 11.8 Å². The van der Waals surface area contributed by atoms with Crippen molar-refractivity contribution in [2.24, 2.45) is 5.16 Å². The maximum Gasteiger partial charge on any atom is 0.147 e. The van der Waals surface area contributed by atoms with E-state index in [1.165, 1.54) is 24.4 Å². The summed E-state index contributed by atoms with van der Waals surface area (Å²) >= 11 is 3.33. The molecule has 2 aromatic rings.